The molecule has 1 N–H and O–H groups in total. The maximum Gasteiger partial charge on any atom is 0.303 e. The Balaban J connectivity index is 1.84. The Hall–Kier alpha value is -1.83. The highest BCUT2D eigenvalue weighted by Crippen LogP contribution is 2.16. The molecule has 7 nitrogen and oxygen atoms in total. The van der Waals surface area contributed by atoms with Crippen molar-refractivity contribution < 1.29 is 14.3 Å². The SMILES string of the molecule is O=C(O)CCCCc1nnc(-c2csnn2)o1. The summed E-state index contributed by atoms with van der Waals surface area (Å²) in [6, 6.07) is 0. The van der Waals surface area contributed by atoms with Crippen molar-refractivity contribution in [3.63, 3.8) is 0 Å². The van der Waals surface area contributed by atoms with E-state index in [-0.39, 0.29) is 6.42 Å². The van der Waals surface area contributed by atoms with Crippen LogP contribution in [0.4, 0.5) is 0 Å². The molecular weight excluding hydrogens is 244 g/mol. The first-order valence-electron chi connectivity index (χ1n) is 5.07. The van der Waals surface area contributed by atoms with Crippen LogP contribution < -0.4 is 0 Å². The predicted octanol–water partition coefficient (Wildman–Crippen LogP) is 1.39. The lowest BCUT2D eigenvalue weighted by Gasteiger charge is -1.93. The van der Waals surface area contributed by atoms with E-state index in [1.165, 1.54) is 11.5 Å². The van der Waals surface area contributed by atoms with Crippen molar-refractivity contribution in [1.29, 1.82) is 0 Å². The normalized spacial score (nSPS) is 10.6. The summed E-state index contributed by atoms with van der Waals surface area (Å²) in [6.07, 6.45) is 2.06. The number of aliphatic carboxylic acids is 1. The molecule has 2 aromatic rings. The lowest BCUT2D eigenvalue weighted by atomic mass is 10.2. The second-order valence-corrected chi connectivity index (χ2v) is 4.00. The van der Waals surface area contributed by atoms with Crippen LogP contribution in [0.2, 0.25) is 0 Å². The highest BCUT2D eigenvalue weighted by molar-refractivity contribution is 7.03. The number of carboxylic acid groups (broad SMARTS) is 1. The number of hydrogen-bond donors (Lipinski definition) is 1. The van der Waals surface area contributed by atoms with Crippen LogP contribution in [0, 0.1) is 0 Å². The van der Waals surface area contributed by atoms with E-state index in [9.17, 15) is 4.79 Å². The van der Waals surface area contributed by atoms with Crippen molar-refractivity contribution in [1.82, 2.24) is 19.8 Å². The second kappa shape index (κ2) is 5.48. The summed E-state index contributed by atoms with van der Waals surface area (Å²) in [4.78, 5) is 10.3. The Kier molecular flexibility index (Phi) is 3.76. The van der Waals surface area contributed by atoms with Crippen molar-refractivity contribution >= 4 is 17.5 Å². The fourth-order valence-corrected chi connectivity index (χ4v) is 1.70. The predicted molar refractivity (Wildman–Crippen MR) is 58.4 cm³/mol. The van der Waals surface area contributed by atoms with E-state index in [1.54, 1.807) is 5.38 Å². The highest BCUT2D eigenvalue weighted by Gasteiger charge is 2.10. The van der Waals surface area contributed by atoms with Gasteiger partial charge in [-0.2, -0.15) is 0 Å². The Labute approximate surface area is 101 Å². The van der Waals surface area contributed by atoms with E-state index in [2.05, 4.69) is 19.8 Å². The molecular formula is C9H10N4O3S. The topological polar surface area (TPSA) is 102 Å². The molecule has 2 rings (SSSR count). The zero-order chi connectivity index (χ0) is 12.1. The average molecular weight is 254 g/mol. The summed E-state index contributed by atoms with van der Waals surface area (Å²) in [5.41, 5.74) is 0.569. The van der Waals surface area contributed by atoms with Crippen LogP contribution in [0.5, 0.6) is 0 Å². The summed E-state index contributed by atoms with van der Waals surface area (Å²) < 4.78 is 9.07. The first kappa shape index (κ1) is 11.6. The van der Waals surface area contributed by atoms with Crippen molar-refractivity contribution in [3.05, 3.63) is 11.3 Å². The maximum absolute atomic E-state index is 10.3. The van der Waals surface area contributed by atoms with Crippen molar-refractivity contribution in [3.8, 4) is 11.6 Å². The molecule has 90 valence electrons. The van der Waals surface area contributed by atoms with E-state index >= 15 is 0 Å². The zero-order valence-corrected chi connectivity index (χ0v) is 9.68. The summed E-state index contributed by atoms with van der Waals surface area (Å²) in [7, 11) is 0. The Morgan fingerprint density at radius 1 is 1.35 bits per heavy atom. The van der Waals surface area contributed by atoms with Gasteiger partial charge in [-0.25, -0.2) is 0 Å². The summed E-state index contributed by atoms with van der Waals surface area (Å²) in [5, 5.41) is 21.7. The van der Waals surface area contributed by atoms with Gasteiger partial charge in [0.05, 0.1) is 0 Å². The van der Waals surface area contributed by atoms with Gasteiger partial charge in [0, 0.05) is 18.2 Å². The Morgan fingerprint density at radius 2 is 2.24 bits per heavy atom. The highest BCUT2D eigenvalue weighted by atomic mass is 32.1. The minimum atomic E-state index is -0.787. The van der Waals surface area contributed by atoms with E-state index in [0.29, 0.717) is 36.7 Å². The molecule has 0 amide bonds. The minimum absolute atomic E-state index is 0.164. The molecule has 2 heterocycles. The molecule has 0 saturated carbocycles. The number of unbranched alkanes of at least 4 members (excludes halogenated alkanes) is 1. The summed E-state index contributed by atoms with van der Waals surface area (Å²) >= 11 is 1.21. The monoisotopic (exact) mass is 254 g/mol. The van der Waals surface area contributed by atoms with Crippen molar-refractivity contribution in [2.45, 2.75) is 25.7 Å². The van der Waals surface area contributed by atoms with E-state index in [4.69, 9.17) is 9.52 Å². The second-order valence-electron chi connectivity index (χ2n) is 3.39. The minimum Gasteiger partial charge on any atom is -0.481 e. The largest absolute Gasteiger partial charge is 0.481 e. The van der Waals surface area contributed by atoms with Crippen molar-refractivity contribution in [2.75, 3.05) is 0 Å². The molecule has 0 aliphatic carbocycles. The van der Waals surface area contributed by atoms with Gasteiger partial charge in [0.2, 0.25) is 5.89 Å². The van der Waals surface area contributed by atoms with Gasteiger partial charge in [0.15, 0.2) is 5.69 Å². The molecule has 0 aromatic carbocycles. The molecule has 0 bridgehead atoms. The fourth-order valence-electron chi connectivity index (χ4n) is 1.27. The Bertz CT molecular complexity index is 482. The number of carboxylic acids is 1. The average Bonchev–Trinajstić information content (AvgIpc) is 2.94. The molecule has 8 heteroatoms. The lowest BCUT2D eigenvalue weighted by Crippen LogP contribution is -1.95. The van der Waals surface area contributed by atoms with Gasteiger partial charge >= 0.3 is 5.97 Å². The molecule has 0 saturated heterocycles. The first-order valence-corrected chi connectivity index (χ1v) is 5.91. The molecule has 0 radical (unpaired) electrons. The maximum atomic E-state index is 10.3. The lowest BCUT2D eigenvalue weighted by molar-refractivity contribution is -0.137. The van der Waals surface area contributed by atoms with Crippen molar-refractivity contribution in [2.24, 2.45) is 0 Å². The zero-order valence-electron chi connectivity index (χ0n) is 8.87. The third-order valence-corrected chi connectivity index (χ3v) is 2.58. The molecule has 2 aromatic heterocycles. The van der Waals surface area contributed by atoms with E-state index in [1.807, 2.05) is 0 Å². The number of carbonyl (C=O) groups is 1. The van der Waals surface area contributed by atoms with Crippen LogP contribution in [-0.4, -0.2) is 30.9 Å². The van der Waals surface area contributed by atoms with Gasteiger partial charge in [-0.3, -0.25) is 4.79 Å². The molecule has 0 spiro atoms. The molecule has 17 heavy (non-hydrogen) atoms. The first-order chi connectivity index (χ1) is 8.25. The standard InChI is InChI=1S/C9H10N4O3S/c14-8(15)4-2-1-3-7-11-12-9(16-7)6-5-17-13-10-6/h5H,1-4H2,(H,14,15). The van der Waals surface area contributed by atoms with Gasteiger partial charge in [0.25, 0.3) is 5.89 Å². The number of aromatic nitrogens is 4. The summed E-state index contributed by atoms with van der Waals surface area (Å²) in [5.74, 6) is 0.0649. The van der Waals surface area contributed by atoms with Crippen LogP contribution in [0.25, 0.3) is 11.6 Å². The van der Waals surface area contributed by atoms with E-state index in [0.717, 1.165) is 0 Å². The number of rotatable bonds is 6. The molecule has 0 aliphatic rings. The van der Waals surface area contributed by atoms with Crippen LogP contribution in [0.3, 0.4) is 0 Å². The van der Waals surface area contributed by atoms with Crippen LogP contribution in [0.15, 0.2) is 9.80 Å². The molecule has 0 fully saturated rings. The van der Waals surface area contributed by atoms with Gasteiger partial charge in [-0.05, 0) is 24.4 Å². The molecule has 0 atom stereocenters. The summed E-state index contributed by atoms with van der Waals surface area (Å²) in [6.45, 7) is 0. The van der Waals surface area contributed by atoms with Gasteiger partial charge in [-0.15, -0.1) is 15.3 Å². The van der Waals surface area contributed by atoms with Crippen LogP contribution >= 0.6 is 11.5 Å². The Morgan fingerprint density at radius 3 is 2.94 bits per heavy atom. The van der Waals surface area contributed by atoms with Crippen LogP contribution in [-0.2, 0) is 11.2 Å². The number of nitrogens with zero attached hydrogens (tertiary/aromatic N) is 4. The number of aryl methyl sites for hydroxylation is 1. The third-order valence-electron chi connectivity index (χ3n) is 2.08. The third kappa shape index (κ3) is 3.31. The fraction of sp³-hybridized carbons (Fsp3) is 0.444. The quantitative estimate of drug-likeness (QED) is 0.777. The van der Waals surface area contributed by atoms with E-state index < -0.39 is 5.97 Å². The van der Waals surface area contributed by atoms with Gasteiger partial charge in [0.1, 0.15) is 0 Å². The van der Waals surface area contributed by atoms with Crippen LogP contribution in [0.1, 0.15) is 25.2 Å². The smallest absolute Gasteiger partial charge is 0.303 e. The molecule has 0 unspecified atom stereocenters. The number of hydrogen-bond acceptors (Lipinski definition) is 7. The van der Waals surface area contributed by atoms with Gasteiger partial charge < -0.3 is 9.52 Å². The molecule has 0 aliphatic heterocycles. The van der Waals surface area contributed by atoms with Gasteiger partial charge in [-0.1, -0.05) is 4.49 Å².